The van der Waals surface area contributed by atoms with Crippen LogP contribution in [0.2, 0.25) is 0 Å². The highest BCUT2D eigenvalue weighted by Gasteiger charge is 2.22. The van der Waals surface area contributed by atoms with E-state index in [1.807, 2.05) is 0 Å². The number of amides is 1. The second-order valence-electron chi connectivity index (χ2n) is 5.28. The minimum Gasteiger partial charge on any atom is -0.347 e. The summed E-state index contributed by atoms with van der Waals surface area (Å²) in [6, 6.07) is 4.33. The predicted molar refractivity (Wildman–Crippen MR) is 81.5 cm³/mol. The van der Waals surface area contributed by atoms with Crippen LogP contribution in [-0.4, -0.2) is 39.9 Å². The molecule has 1 unspecified atom stereocenters. The van der Waals surface area contributed by atoms with E-state index in [0.29, 0.717) is 0 Å². The van der Waals surface area contributed by atoms with Crippen LogP contribution in [0.4, 0.5) is 0 Å². The average molecular weight is 306 g/mol. The Morgan fingerprint density at radius 1 is 1.52 bits per heavy atom. The van der Waals surface area contributed by atoms with E-state index < -0.39 is 0 Å². The first-order valence-corrected chi connectivity index (χ1v) is 7.92. The van der Waals surface area contributed by atoms with E-state index in [4.69, 9.17) is 0 Å². The number of nitrogens with zero attached hydrogens (tertiary/aromatic N) is 1. The van der Waals surface area contributed by atoms with Gasteiger partial charge in [-0.1, -0.05) is 6.07 Å². The fourth-order valence-corrected chi connectivity index (χ4v) is 3.40. The van der Waals surface area contributed by atoms with Crippen molar-refractivity contribution in [2.24, 2.45) is 0 Å². The molecule has 0 radical (unpaired) electrons. The average Bonchev–Trinajstić information content (AvgIpc) is 3.11. The molecule has 1 fully saturated rings. The highest BCUT2D eigenvalue weighted by atomic mass is 32.1. The molecule has 2 aromatic rings. The Kier molecular flexibility index (Phi) is 4.21. The Labute approximate surface area is 126 Å². The number of likely N-dealkylation sites (tertiary alicyclic amines) is 1. The number of H-pyrrole nitrogens is 2. The molecule has 2 aromatic heterocycles. The Hall–Kier alpha value is -1.86. The first-order chi connectivity index (χ1) is 10.2. The van der Waals surface area contributed by atoms with Gasteiger partial charge in [0.15, 0.2) is 0 Å². The number of carbonyl (C=O) groups is 1. The van der Waals surface area contributed by atoms with Crippen molar-refractivity contribution in [1.82, 2.24) is 20.2 Å². The van der Waals surface area contributed by atoms with Crippen LogP contribution in [0.15, 0.2) is 28.5 Å². The number of hydrogen-bond donors (Lipinski definition) is 3. The molecule has 112 valence electrons. The molecular weight excluding hydrogens is 288 g/mol. The molecule has 1 amide bonds. The molecule has 3 heterocycles. The lowest BCUT2D eigenvalue weighted by molar-refractivity contribution is 0.0896. The molecule has 0 saturated carbocycles. The van der Waals surface area contributed by atoms with Crippen LogP contribution < -0.4 is 11.0 Å². The quantitative estimate of drug-likeness (QED) is 0.793. The van der Waals surface area contributed by atoms with Gasteiger partial charge < -0.3 is 15.3 Å². The normalized spacial score (nSPS) is 19.5. The lowest BCUT2D eigenvalue weighted by atomic mass is 10.1. The molecule has 1 aliphatic rings. The van der Waals surface area contributed by atoms with Gasteiger partial charge in [-0.05, 0) is 30.8 Å². The maximum absolute atomic E-state index is 12.0. The minimum absolute atomic E-state index is 0.129. The first kappa shape index (κ1) is 14.1. The summed E-state index contributed by atoms with van der Waals surface area (Å²) < 4.78 is 0. The standard InChI is InChI=1S/C14H18N4O2S/c19-13(12-7-15-14(20)17-12)16-10-3-1-5-18(8-10)9-11-4-2-6-21-11/h2,4,6-7,10H,1,3,5,8-9H2,(H,16,19)(H2,15,17,20). The van der Waals surface area contributed by atoms with Gasteiger partial charge in [0.1, 0.15) is 5.69 Å². The molecule has 0 aromatic carbocycles. The summed E-state index contributed by atoms with van der Waals surface area (Å²) in [5.74, 6) is -0.226. The van der Waals surface area contributed by atoms with Crippen LogP contribution in [0.5, 0.6) is 0 Å². The molecule has 3 N–H and O–H groups in total. The first-order valence-electron chi connectivity index (χ1n) is 7.04. The van der Waals surface area contributed by atoms with Gasteiger partial charge in [0.2, 0.25) is 0 Å². The Morgan fingerprint density at radius 2 is 2.43 bits per heavy atom. The SMILES string of the molecule is O=C(NC1CCCN(Cc2cccs2)C1)c1c[nH]c(=O)[nH]1. The van der Waals surface area contributed by atoms with Gasteiger partial charge in [-0.25, -0.2) is 4.79 Å². The van der Waals surface area contributed by atoms with Crippen LogP contribution in [0.1, 0.15) is 28.2 Å². The zero-order valence-corrected chi connectivity index (χ0v) is 12.4. The number of rotatable bonds is 4. The van der Waals surface area contributed by atoms with Crippen molar-refractivity contribution in [3.05, 3.63) is 44.8 Å². The number of thiophene rings is 1. The predicted octanol–water partition coefficient (Wildman–Crippen LogP) is 1.16. The van der Waals surface area contributed by atoms with Crippen molar-refractivity contribution in [3.8, 4) is 0 Å². The molecule has 1 saturated heterocycles. The maximum Gasteiger partial charge on any atom is 0.323 e. The smallest absolute Gasteiger partial charge is 0.323 e. The van der Waals surface area contributed by atoms with Gasteiger partial charge in [-0.2, -0.15) is 0 Å². The third kappa shape index (κ3) is 3.62. The topological polar surface area (TPSA) is 81.0 Å². The summed E-state index contributed by atoms with van der Waals surface area (Å²) in [7, 11) is 0. The maximum atomic E-state index is 12.0. The molecule has 1 aliphatic heterocycles. The highest BCUT2D eigenvalue weighted by Crippen LogP contribution is 2.17. The summed E-state index contributed by atoms with van der Waals surface area (Å²) in [4.78, 5) is 31.7. The molecule has 7 heteroatoms. The summed E-state index contributed by atoms with van der Waals surface area (Å²) >= 11 is 1.76. The zero-order chi connectivity index (χ0) is 14.7. The number of imidazole rings is 1. The second kappa shape index (κ2) is 6.28. The molecule has 0 aliphatic carbocycles. The number of carbonyl (C=O) groups excluding carboxylic acids is 1. The molecule has 3 rings (SSSR count). The van der Waals surface area contributed by atoms with Gasteiger partial charge >= 0.3 is 5.69 Å². The largest absolute Gasteiger partial charge is 0.347 e. The molecule has 1 atom stereocenters. The highest BCUT2D eigenvalue weighted by molar-refractivity contribution is 7.09. The van der Waals surface area contributed by atoms with Crippen LogP contribution in [0, 0.1) is 0 Å². The van der Waals surface area contributed by atoms with Gasteiger partial charge in [0.25, 0.3) is 5.91 Å². The van der Waals surface area contributed by atoms with Crippen LogP contribution in [0.3, 0.4) is 0 Å². The Morgan fingerprint density at radius 3 is 3.14 bits per heavy atom. The molecule has 21 heavy (non-hydrogen) atoms. The number of aromatic nitrogens is 2. The minimum atomic E-state index is -0.358. The molecule has 6 nitrogen and oxygen atoms in total. The summed E-state index contributed by atoms with van der Waals surface area (Å²) in [5.41, 5.74) is -0.0708. The van der Waals surface area contributed by atoms with Crippen molar-refractivity contribution in [3.63, 3.8) is 0 Å². The molecule has 0 bridgehead atoms. The Balaban J connectivity index is 1.56. The fourth-order valence-electron chi connectivity index (χ4n) is 2.66. The number of aromatic amines is 2. The van der Waals surface area contributed by atoms with Gasteiger partial charge in [0, 0.05) is 30.2 Å². The van der Waals surface area contributed by atoms with Crippen LogP contribution in [0.25, 0.3) is 0 Å². The summed E-state index contributed by atoms with van der Waals surface area (Å²) in [6.07, 6.45) is 3.45. The van der Waals surface area contributed by atoms with Gasteiger partial charge in [-0.3, -0.25) is 9.69 Å². The number of nitrogens with one attached hydrogen (secondary N) is 3. The van der Waals surface area contributed by atoms with E-state index in [1.54, 1.807) is 11.3 Å². The van der Waals surface area contributed by atoms with Crippen molar-refractivity contribution >= 4 is 17.2 Å². The fraction of sp³-hybridized carbons (Fsp3) is 0.429. The Bertz CT molecular complexity index is 646. The van der Waals surface area contributed by atoms with Gasteiger partial charge in [0.05, 0.1) is 0 Å². The summed E-state index contributed by atoms with van der Waals surface area (Å²) in [6.45, 7) is 2.84. The number of piperidine rings is 1. The van der Waals surface area contributed by atoms with E-state index in [1.165, 1.54) is 11.1 Å². The zero-order valence-electron chi connectivity index (χ0n) is 11.6. The lowest BCUT2D eigenvalue weighted by Gasteiger charge is -2.32. The van der Waals surface area contributed by atoms with Crippen molar-refractivity contribution in [1.29, 1.82) is 0 Å². The van der Waals surface area contributed by atoms with Crippen LogP contribution in [-0.2, 0) is 6.54 Å². The van der Waals surface area contributed by atoms with Crippen molar-refractivity contribution in [2.45, 2.75) is 25.4 Å². The third-order valence-corrected chi connectivity index (χ3v) is 4.50. The van der Waals surface area contributed by atoms with E-state index >= 15 is 0 Å². The van der Waals surface area contributed by atoms with Gasteiger partial charge in [-0.15, -0.1) is 11.3 Å². The van der Waals surface area contributed by atoms with Crippen molar-refractivity contribution < 1.29 is 4.79 Å². The van der Waals surface area contributed by atoms with Crippen LogP contribution >= 0.6 is 11.3 Å². The van der Waals surface area contributed by atoms with E-state index in [2.05, 4.69) is 37.7 Å². The molecular formula is C14H18N4O2S. The monoisotopic (exact) mass is 306 g/mol. The third-order valence-electron chi connectivity index (χ3n) is 3.64. The van der Waals surface area contributed by atoms with E-state index in [-0.39, 0.29) is 23.3 Å². The number of hydrogen-bond acceptors (Lipinski definition) is 4. The second-order valence-corrected chi connectivity index (χ2v) is 6.32. The molecule has 0 spiro atoms. The van der Waals surface area contributed by atoms with Crippen molar-refractivity contribution in [2.75, 3.05) is 13.1 Å². The summed E-state index contributed by atoms with van der Waals surface area (Å²) in [5, 5.41) is 5.07. The van der Waals surface area contributed by atoms with E-state index in [0.717, 1.165) is 32.5 Å². The lowest BCUT2D eigenvalue weighted by Crippen LogP contribution is -2.47. The van der Waals surface area contributed by atoms with E-state index in [9.17, 15) is 9.59 Å².